The van der Waals surface area contributed by atoms with Crippen molar-refractivity contribution in [3.05, 3.63) is 42.6 Å². The first-order valence-corrected chi connectivity index (χ1v) is 6.62. The minimum atomic E-state index is -0.268. The van der Waals surface area contributed by atoms with Crippen molar-refractivity contribution in [1.29, 1.82) is 0 Å². The summed E-state index contributed by atoms with van der Waals surface area (Å²) in [6, 6.07) is 3.39. The third-order valence-electron chi connectivity index (χ3n) is 3.19. The van der Waals surface area contributed by atoms with Crippen molar-refractivity contribution in [2.45, 2.75) is 12.6 Å². The van der Waals surface area contributed by atoms with Crippen molar-refractivity contribution in [3.63, 3.8) is 0 Å². The first-order valence-electron chi connectivity index (χ1n) is 6.62. The normalized spacial score (nSPS) is 16.3. The van der Waals surface area contributed by atoms with Crippen LogP contribution in [0.15, 0.2) is 41.2 Å². The lowest BCUT2D eigenvalue weighted by molar-refractivity contribution is -0.131. The standard InChI is InChI=1S/C14H15N5O2.ClH/c1-19(14(20)11-5-3-7-16-11)9-12-17-13(18-21-12)10-4-2-6-15-8-10;/h2-6,8,11,16H,7,9H2,1H3;1H. The fourth-order valence-electron chi connectivity index (χ4n) is 2.09. The summed E-state index contributed by atoms with van der Waals surface area (Å²) in [5.74, 6) is 0.842. The summed E-state index contributed by atoms with van der Waals surface area (Å²) in [7, 11) is 1.71. The molecule has 0 saturated carbocycles. The maximum atomic E-state index is 12.1. The smallest absolute Gasteiger partial charge is 0.246 e. The number of hydrogen-bond donors (Lipinski definition) is 1. The third kappa shape index (κ3) is 3.49. The first-order chi connectivity index (χ1) is 10.2. The van der Waals surface area contributed by atoms with Gasteiger partial charge in [-0.3, -0.25) is 15.1 Å². The van der Waals surface area contributed by atoms with E-state index < -0.39 is 0 Å². The largest absolute Gasteiger partial charge is 0.337 e. The van der Waals surface area contributed by atoms with Crippen LogP contribution in [0, 0.1) is 0 Å². The number of rotatable bonds is 4. The van der Waals surface area contributed by atoms with E-state index in [1.165, 1.54) is 0 Å². The van der Waals surface area contributed by atoms with Gasteiger partial charge in [0.15, 0.2) is 0 Å². The quantitative estimate of drug-likeness (QED) is 0.847. The number of nitrogens with one attached hydrogen (secondary N) is 1. The second-order valence-electron chi connectivity index (χ2n) is 4.76. The first kappa shape index (κ1) is 16.1. The van der Waals surface area contributed by atoms with Crippen LogP contribution in [0.2, 0.25) is 0 Å². The number of carbonyl (C=O) groups is 1. The van der Waals surface area contributed by atoms with E-state index in [0.29, 0.717) is 11.7 Å². The molecule has 0 saturated heterocycles. The van der Waals surface area contributed by atoms with Crippen molar-refractivity contribution >= 4 is 18.3 Å². The highest BCUT2D eigenvalue weighted by Crippen LogP contribution is 2.14. The highest BCUT2D eigenvalue weighted by Gasteiger charge is 2.22. The van der Waals surface area contributed by atoms with Crippen LogP contribution in [0.25, 0.3) is 11.4 Å². The molecule has 0 bridgehead atoms. The number of pyridine rings is 1. The fourth-order valence-corrected chi connectivity index (χ4v) is 2.09. The van der Waals surface area contributed by atoms with Crippen molar-refractivity contribution in [3.8, 4) is 11.4 Å². The molecule has 116 valence electrons. The predicted octanol–water partition coefficient (Wildman–Crippen LogP) is 1.04. The molecule has 0 fully saturated rings. The van der Waals surface area contributed by atoms with Crippen LogP contribution in [-0.2, 0) is 11.3 Å². The summed E-state index contributed by atoms with van der Waals surface area (Å²) in [5.41, 5.74) is 0.780. The van der Waals surface area contributed by atoms with Gasteiger partial charge < -0.3 is 9.42 Å². The second kappa shape index (κ2) is 7.15. The Morgan fingerprint density at radius 3 is 3.09 bits per heavy atom. The molecule has 7 nitrogen and oxygen atoms in total. The maximum Gasteiger partial charge on any atom is 0.246 e. The van der Waals surface area contributed by atoms with Gasteiger partial charge in [0.05, 0.1) is 6.54 Å². The lowest BCUT2D eigenvalue weighted by Gasteiger charge is -2.18. The molecule has 1 aliphatic heterocycles. The monoisotopic (exact) mass is 321 g/mol. The molecule has 0 spiro atoms. The maximum absolute atomic E-state index is 12.1. The number of nitrogens with zero attached hydrogens (tertiary/aromatic N) is 4. The van der Waals surface area contributed by atoms with Crippen LogP contribution < -0.4 is 5.32 Å². The van der Waals surface area contributed by atoms with E-state index in [1.807, 2.05) is 18.2 Å². The zero-order valence-corrected chi connectivity index (χ0v) is 12.8. The number of amides is 1. The molecule has 1 aliphatic rings. The summed E-state index contributed by atoms with van der Waals surface area (Å²) >= 11 is 0. The third-order valence-corrected chi connectivity index (χ3v) is 3.19. The van der Waals surface area contributed by atoms with Gasteiger partial charge in [-0.1, -0.05) is 17.3 Å². The highest BCUT2D eigenvalue weighted by molar-refractivity contribution is 5.85. The summed E-state index contributed by atoms with van der Waals surface area (Å²) in [4.78, 5) is 22.0. The average molecular weight is 322 g/mol. The van der Waals surface area contributed by atoms with Crippen LogP contribution in [-0.4, -0.2) is 45.6 Å². The van der Waals surface area contributed by atoms with E-state index >= 15 is 0 Å². The summed E-state index contributed by atoms with van der Waals surface area (Å²) in [6.07, 6.45) is 7.13. The molecule has 3 rings (SSSR count). The van der Waals surface area contributed by atoms with Crippen molar-refractivity contribution in [2.75, 3.05) is 13.6 Å². The molecule has 3 heterocycles. The predicted molar refractivity (Wildman–Crippen MR) is 82.2 cm³/mol. The highest BCUT2D eigenvalue weighted by atomic mass is 35.5. The van der Waals surface area contributed by atoms with Gasteiger partial charge in [-0.2, -0.15) is 4.98 Å². The van der Waals surface area contributed by atoms with Gasteiger partial charge >= 0.3 is 0 Å². The Kier molecular flexibility index (Phi) is 5.24. The minimum absolute atomic E-state index is 0. The summed E-state index contributed by atoms with van der Waals surface area (Å²) in [6.45, 7) is 0.994. The van der Waals surface area contributed by atoms with Gasteiger partial charge in [-0.05, 0) is 12.1 Å². The molecule has 0 radical (unpaired) electrons. The van der Waals surface area contributed by atoms with Crippen LogP contribution in [0.5, 0.6) is 0 Å². The molecular weight excluding hydrogens is 306 g/mol. The molecule has 8 heteroatoms. The number of halogens is 1. The zero-order valence-electron chi connectivity index (χ0n) is 12.0. The lowest BCUT2D eigenvalue weighted by atomic mass is 10.2. The molecule has 1 atom stereocenters. The van der Waals surface area contributed by atoms with Gasteiger partial charge in [0, 0.05) is 31.5 Å². The molecular formula is C14H16ClN5O2. The van der Waals surface area contributed by atoms with Gasteiger partial charge in [-0.25, -0.2) is 0 Å². The van der Waals surface area contributed by atoms with Crippen LogP contribution in [0.4, 0.5) is 0 Å². The summed E-state index contributed by atoms with van der Waals surface area (Å²) < 4.78 is 5.18. The van der Waals surface area contributed by atoms with Crippen molar-refractivity contribution < 1.29 is 9.32 Å². The molecule has 2 aromatic heterocycles. The Morgan fingerprint density at radius 2 is 2.41 bits per heavy atom. The van der Waals surface area contributed by atoms with Gasteiger partial charge in [0.2, 0.25) is 17.6 Å². The van der Waals surface area contributed by atoms with E-state index in [0.717, 1.165) is 12.1 Å². The Labute approximate surface area is 133 Å². The molecule has 1 unspecified atom stereocenters. The van der Waals surface area contributed by atoms with Crippen LogP contribution in [0.3, 0.4) is 0 Å². The molecule has 1 N–H and O–H groups in total. The van der Waals surface area contributed by atoms with Crippen LogP contribution >= 0.6 is 12.4 Å². The Morgan fingerprint density at radius 1 is 1.55 bits per heavy atom. The van der Waals surface area contributed by atoms with Crippen molar-refractivity contribution in [2.24, 2.45) is 0 Å². The van der Waals surface area contributed by atoms with E-state index in [4.69, 9.17) is 4.52 Å². The lowest BCUT2D eigenvalue weighted by Crippen LogP contribution is -2.41. The number of likely N-dealkylation sites (N-methyl/N-ethyl adjacent to an activating group) is 1. The number of aromatic nitrogens is 3. The molecule has 1 amide bonds. The van der Waals surface area contributed by atoms with E-state index in [-0.39, 0.29) is 30.9 Å². The van der Waals surface area contributed by atoms with E-state index in [9.17, 15) is 4.79 Å². The number of hydrogen-bond acceptors (Lipinski definition) is 6. The Bertz CT molecular complexity index is 658. The molecule has 2 aromatic rings. The zero-order chi connectivity index (χ0) is 14.7. The van der Waals surface area contributed by atoms with Gasteiger partial charge in [0.25, 0.3) is 0 Å². The number of carbonyl (C=O) groups excluding carboxylic acids is 1. The minimum Gasteiger partial charge on any atom is -0.337 e. The van der Waals surface area contributed by atoms with E-state index in [1.54, 1.807) is 30.4 Å². The summed E-state index contributed by atoms with van der Waals surface area (Å²) in [5, 5.41) is 6.98. The van der Waals surface area contributed by atoms with Crippen molar-refractivity contribution in [1.82, 2.24) is 25.3 Å². The topological polar surface area (TPSA) is 84.2 Å². The average Bonchev–Trinajstić information content (AvgIpc) is 3.19. The molecule has 0 aliphatic carbocycles. The van der Waals surface area contributed by atoms with Crippen LogP contribution in [0.1, 0.15) is 5.89 Å². The molecule has 0 aromatic carbocycles. The van der Waals surface area contributed by atoms with Gasteiger partial charge in [0.1, 0.15) is 6.04 Å². The fraction of sp³-hybridized carbons (Fsp3) is 0.286. The Balaban J connectivity index is 0.00000176. The SMILES string of the molecule is CN(Cc1nc(-c2cccnc2)no1)C(=O)C1C=CCN1.Cl. The Hall–Kier alpha value is -2.25. The second-order valence-corrected chi connectivity index (χ2v) is 4.76. The molecule has 22 heavy (non-hydrogen) atoms. The van der Waals surface area contributed by atoms with E-state index in [2.05, 4.69) is 20.4 Å². The van der Waals surface area contributed by atoms with Gasteiger partial charge in [-0.15, -0.1) is 12.4 Å².